The third-order valence-electron chi connectivity index (χ3n) is 3.64. The molecule has 3 nitrogen and oxygen atoms in total. The summed E-state index contributed by atoms with van der Waals surface area (Å²) in [6.45, 7) is 0. The zero-order valence-electron chi connectivity index (χ0n) is 12.2. The van der Waals surface area contributed by atoms with Crippen LogP contribution in [0.15, 0.2) is 84.5 Å². The molecule has 3 heteroatoms. The predicted molar refractivity (Wildman–Crippen MR) is 90.8 cm³/mol. The van der Waals surface area contributed by atoms with Gasteiger partial charge in [-0.25, -0.2) is 0 Å². The van der Waals surface area contributed by atoms with Crippen LogP contribution in [-0.4, -0.2) is 11.9 Å². The summed E-state index contributed by atoms with van der Waals surface area (Å²) in [7, 11) is 0. The number of carbonyl (C=O) groups is 1. The molecule has 0 saturated carbocycles. The molecule has 0 aromatic heterocycles. The van der Waals surface area contributed by atoms with Gasteiger partial charge in [-0.05, 0) is 30.3 Å². The molecule has 1 aliphatic rings. The monoisotopic (exact) mass is 290 g/mol. The minimum absolute atomic E-state index is 0.449. The Balaban J connectivity index is 1.88. The Kier molecular flexibility index (Phi) is 4.05. The summed E-state index contributed by atoms with van der Waals surface area (Å²) in [4.78, 5) is 10.9. The van der Waals surface area contributed by atoms with Gasteiger partial charge < -0.3 is 10.6 Å². The fourth-order valence-corrected chi connectivity index (χ4v) is 2.52. The fraction of sp³-hybridized carbons (Fsp3) is 0.105. The van der Waals surface area contributed by atoms with Crippen LogP contribution in [0.5, 0.6) is 0 Å². The van der Waals surface area contributed by atoms with Crippen LogP contribution in [0.1, 0.15) is 6.42 Å². The maximum absolute atomic E-state index is 10.9. The number of rotatable bonds is 5. The Bertz CT molecular complexity index is 648. The van der Waals surface area contributed by atoms with Gasteiger partial charge in [0.15, 0.2) is 0 Å². The van der Waals surface area contributed by atoms with Gasteiger partial charge in [0, 0.05) is 23.4 Å². The van der Waals surface area contributed by atoms with Crippen LogP contribution in [0, 0.1) is 0 Å². The summed E-state index contributed by atoms with van der Waals surface area (Å²) in [6, 6.07) is 20.1. The Morgan fingerprint density at radius 3 is 1.82 bits per heavy atom. The standard InChI is InChI=1S/C19H18N2O/c22-15-16-11-13-19(14-12-16,20-17-7-3-1-4-8-17)21-18-9-5-2-6-10-18/h1-13,15,20-21H,14H2. The van der Waals surface area contributed by atoms with Gasteiger partial charge in [0.25, 0.3) is 0 Å². The smallest absolute Gasteiger partial charge is 0.149 e. The van der Waals surface area contributed by atoms with Gasteiger partial charge in [-0.15, -0.1) is 0 Å². The number of anilines is 2. The molecule has 0 fully saturated rings. The van der Waals surface area contributed by atoms with Crippen molar-refractivity contribution in [3.05, 3.63) is 84.5 Å². The number of hydrogen-bond acceptors (Lipinski definition) is 3. The number of benzene rings is 2. The lowest BCUT2D eigenvalue weighted by Crippen LogP contribution is -2.45. The molecule has 0 radical (unpaired) electrons. The van der Waals surface area contributed by atoms with Crippen LogP contribution in [0.3, 0.4) is 0 Å². The van der Waals surface area contributed by atoms with Crippen molar-refractivity contribution in [3.8, 4) is 0 Å². The van der Waals surface area contributed by atoms with Crippen molar-refractivity contribution >= 4 is 17.7 Å². The number of para-hydroxylation sites is 2. The summed E-state index contributed by atoms with van der Waals surface area (Å²) < 4.78 is 0. The largest absolute Gasteiger partial charge is 0.359 e. The molecule has 3 rings (SSSR count). The summed E-state index contributed by atoms with van der Waals surface area (Å²) in [6.07, 6.45) is 7.37. The molecule has 0 aliphatic heterocycles. The minimum Gasteiger partial charge on any atom is -0.359 e. The first-order valence-electron chi connectivity index (χ1n) is 7.31. The molecule has 0 amide bonds. The second kappa shape index (κ2) is 6.31. The number of hydrogen-bond donors (Lipinski definition) is 2. The van der Waals surface area contributed by atoms with E-state index in [4.69, 9.17) is 0 Å². The highest BCUT2D eigenvalue weighted by Crippen LogP contribution is 2.27. The zero-order chi connectivity index (χ0) is 15.3. The molecule has 2 aromatic carbocycles. The molecular weight excluding hydrogens is 272 g/mol. The van der Waals surface area contributed by atoms with Crippen LogP contribution in [0.4, 0.5) is 11.4 Å². The van der Waals surface area contributed by atoms with Gasteiger partial charge in [0.05, 0.1) is 0 Å². The summed E-state index contributed by atoms with van der Waals surface area (Å²) >= 11 is 0. The van der Waals surface area contributed by atoms with Crippen molar-refractivity contribution in [2.45, 2.75) is 12.1 Å². The SMILES string of the molecule is O=CC1=CCC(Nc2ccccc2)(Nc2ccccc2)C=C1. The van der Waals surface area contributed by atoms with E-state index in [-0.39, 0.29) is 0 Å². The lowest BCUT2D eigenvalue weighted by Gasteiger charge is -2.36. The van der Waals surface area contributed by atoms with Crippen molar-refractivity contribution < 1.29 is 4.79 Å². The third-order valence-corrected chi connectivity index (χ3v) is 3.64. The first-order chi connectivity index (χ1) is 10.8. The number of aldehydes is 1. The summed E-state index contributed by atoms with van der Waals surface area (Å²) in [5.41, 5.74) is 2.31. The number of allylic oxidation sites excluding steroid dienone is 2. The number of carbonyl (C=O) groups excluding carboxylic acids is 1. The number of nitrogens with one attached hydrogen (secondary N) is 2. The van der Waals surface area contributed by atoms with E-state index in [2.05, 4.69) is 10.6 Å². The minimum atomic E-state index is -0.449. The van der Waals surface area contributed by atoms with Gasteiger partial charge in [0.1, 0.15) is 11.9 Å². The highest BCUT2D eigenvalue weighted by Gasteiger charge is 2.28. The second-order valence-electron chi connectivity index (χ2n) is 5.31. The van der Waals surface area contributed by atoms with Crippen LogP contribution >= 0.6 is 0 Å². The van der Waals surface area contributed by atoms with Crippen molar-refractivity contribution in [2.75, 3.05) is 10.6 Å². The molecule has 0 heterocycles. The lowest BCUT2D eigenvalue weighted by molar-refractivity contribution is -0.104. The maximum Gasteiger partial charge on any atom is 0.149 e. The van der Waals surface area contributed by atoms with Crippen LogP contribution in [0.25, 0.3) is 0 Å². The van der Waals surface area contributed by atoms with Crippen molar-refractivity contribution in [2.24, 2.45) is 0 Å². The molecular formula is C19H18N2O. The van der Waals surface area contributed by atoms with Crippen LogP contribution in [0.2, 0.25) is 0 Å². The Morgan fingerprint density at radius 2 is 1.41 bits per heavy atom. The van der Waals surface area contributed by atoms with E-state index in [1.807, 2.05) is 78.9 Å². The van der Waals surface area contributed by atoms with E-state index in [0.29, 0.717) is 12.0 Å². The average Bonchev–Trinajstić information content (AvgIpc) is 2.57. The van der Waals surface area contributed by atoms with E-state index < -0.39 is 5.66 Å². The molecule has 0 saturated heterocycles. The molecule has 22 heavy (non-hydrogen) atoms. The second-order valence-corrected chi connectivity index (χ2v) is 5.31. The Morgan fingerprint density at radius 1 is 0.864 bits per heavy atom. The molecule has 0 atom stereocenters. The van der Waals surface area contributed by atoms with Gasteiger partial charge in [-0.3, -0.25) is 4.79 Å². The van der Waals surface area contributed by atoms with Crippen LogP contribution in [-0.2, 0) is 4.79 Å². The molecule has 0 bridgehead atoms. The Hall–Kier alpha value is -2.81. The highest BCUT2D eigenvalue weighted by atomic mass is 16.1. The zero-order valence-corrected chi connectivity index (χ0v) is 12.2. The van der Waals surface area contributed by atoms with E-state index in [0.717, 1.165) is 17.7 Å². The van der Waals surface area contributed by atoms with Gasteiger partial charge in [-0.2, -0.15) is 0 Å². The van der Waals surface area contributed by atoms with E-state index in [9.17, 15) is 4.79 Å². The maximum atomic E-state index is 10.9. The van der Waals surface area contributed by atoms with Crippen molar-refractivity contribution in [3.63, 3.8) is 0 Å². The predicted octanol–water partition coefficient (Wildman–Crippen LogP) is 3.99. The van der Waals surface area contributed by atoms with Gasteiger partial charge in [-0.1, -0.05) is 48.6 Å². The third kappa shape index (κ3) is 3.26. The Labute approximate surface area is 130 Å². The fourth-order valence-electron chi connectivity index (χ4n) is 2.52. The molecule has 2 aromatic rings. The average molecular weight is 290 g/mol. The topological polar surface area (TPSA) is 41.1 Å². The molecule has 110 valence electrons. The quantitative estimate of drug-likeness (QED) is 0.646. The normalized spacial score (nSPS) is 15.7. The first kappa shape index (κ1) is 14.1. The van der Waals surface area contributed by atoms with Gasteiger partial charge >= 0.3 is 0 Å². The van der Waals surface area contributed by atoms with E-state index in [1.165, 1.54) is 0 Å². The summed E-state index contributed by atoms with van der Waals surface area (Å²) in [5.74, 6) is 0. The highest BCUT2D eigenvalue weighted by molar-refractivity contribution is 5.78. The van der Waals surface area contributed by atoms with E-state index in [1.54, 1.807) is 0 Å². The molecule has 0 unspecified atom stereocenters. The van der Waals surface area contributed by atoms with Crippen LogP contribution < -0.4 is 10.6 Å². The van der Waals surface area contributed by atoms with Crippen molar-refractivity contribution in [1.82, 2.24) is 0 Å². The van der Waals surface area contributed by atoms with Gasteiger partial charge in [0.2, 0.25) is 0 Å². The van der Waals surface area contributed by atoms with Crippen molar-refractivity contribution in [1.29, 1.82) is 0 Å². The lowest BCUT2D eigenvalue weighted by atomic mass is 9.96. The summed E-state index contributed by atoms with van der Waals surface area (Å²) in [5, 5.41) is 7.06. The molecule has 0 spiro atoms. The molecule has 1 aliphatic carbocycles. The molecule has 2 N–H and O–H groups in total. The van der Waals surface area contributed by atoms with E-state index >= 15 is 0 Å². The first-order valence-corrected chi connectivity index (χ1v) is 7.31.